The average molecular weight is 161 g/mol. The van der Waals surface area contributed by atoms with Crippen LogP contribution in [0.3, 0.4) is 0 Å². The zero-order valence-electron chi connectivity index (χ0n) is 6.77. The number of hydrogen-bond acceptors (Lipinski definition) is 2. The van der Waals surface area contributed by atoms with E-state index in [1.807, 2.05) is 30.3 Å². The Kier molecular flexibility index (Phi) is 3.31. The van der Waals surface area contributed by atoms with Crippen molar-refractivity contribution in [2.24, 2.45) is 0 Å². The van der Waals surface area contributed by atoms with Crippen LogP contribution in [0.1, 0.15) is 12.0 Å². The van der Waals surface area contributed by atoms with Gasteiger partial charge in [-0.2, -0.15) is 5.26 Å². The molecule has 1 rings (SSSR count). The van der Waals surface area contributed by atoms with Crippen molar-refractivity contribution in [1.82, 2.24) is 0 Å². The molecule has 0 aliphatic rings. The van der Waals surface area contributed by atoms with E-state index in [0.717, 1.165) is 12.0 Å². The van der Waals surface area contributed by atoms with Crippen LogP contribution in [-0.2, 0) is 6.42 Å². The van der Waals surface area contributed by atoms with Crippen molar-refractivity contribution in [2.45, 2.75) is 18.9 Å². The minimum Gasteiger partial charge on any atom is -0.378 e. The van der Waals surface area contributed by atoms with E-state index in [1.165, 1.54) is 0 Å². The number of benzene rings is 1. The summed E-state index contributed by atoms with van der Waals surface area (Å²) in [6.07, 6.45) is 0.445. The first kappa shape index (κ1) is 8.76. The van der Waals surface area contributed by atoms with E-state index in [1.54, 1.807) is 6.07 Å². The SMILES string of the molecule is N#C[C@H](O)CCc1ccccc1. The van der Waals surface area contributed by atoms with Crippen LogP contribution >= 0.6 is 0 Å². The Morgan fingerprint density at radius 2 is 2.00 bits per heavy atom. The Hall–Kier alpha value is -1.33. The van der Waals surface area contributed by atoms with Gasteiger partial charge in [-0.3, -0.25) is 0 Å². The molecule has 1 aromatic carbocycles. The second-order valence-electron chi connectivity index (χ2n) is 2.67. The molecule has 62 valence electrons. The quantitative estimate of drug-likeness (QED) is 0.683. The van der Waals surface area contributed by atoms with Gasteiger partial charge in [0.05, 0.1) is 6.07 Å². The Morgan fingerprint density at radius 1 is 1.33 bits per heavy atom. The third-order valence-electron chi connectivity index (χ3n) is 1.70. The second-order valence-corrected chi connectivity index (χ2v) is 2.67. The maximum absolute atomic E-state index is 8.96. The van der Waals surface area contributed by atoms with Crippen molar-refractivity contribution in [2.75, 3.05) is 0 Å². The molecule has 0 heterocycles. The maximum Gasteiger partial charge on any atom is 0.140 e. The van der Waals surface area contributed by atoms with Gasteiger partial charge in [0.25, 0.3) is 0 Å². The lowest BCUT2D eigenvalue weighted by Gasteiger charge is -2.00. The number of aliphatic hydroxyl groups is 1. The number of aliphatic hydroxyl groups excluding tert-OH is 1. The molecule has 2 heteroatoms. The minimum absolute atomic E-state index is 0.514. The summed E-state index contributed by atoms with van der Waals surface area (Å²) in [6, 6.07) is 11.6. The Balaban J connectivity index is 2.40. The molecule has 0 radical (unpaired) electrons. The van der Waals surface area contributed by atoms with Gasteiger partial charge in [-0.05, 0) is 18.4 Å². The third-order valence-corrected chi connectivity index (χ3v) is 1.70. The highest BCUT2D eigenvalue weighted by Crippen LogP contribution is 2.03. The van der Waals surface area contributed by atoms with Gasteiger partial charge in [0.1, 0.15) is 6.10 Å². The Morgan fingerprint density at radius 3 is 2.58 bits per heavy atom. The normalized spacial score (nSPS) is 12.0. The zero-order valence-corrected chi connectivity index (χ0v) is 6.77. The summed E-state index contributed by atoms with van der Waals surface area (Å²) in [5.41, 5.74) is 1.16. The lowest BCUT2D eigenvalue weighted by atomic mass is 10.1. The van der Waals surface area contributed by atoms with Crippen molar-refractivity contribution >= 4 is 0 Å². The maximum atomic E-state index is 8.96. The number of nitriles is 1. The Labute approximate surface area is 72.1 Å². The van der Waals surface area contributed by atoms with Gasteiger partial charge in [-0.1, -0.05) is 30.3 Å². The van der Waals surface area contributed by atoms with Gasteiger partial charge in [0, 0.05) is 0 Å². The molecule has 0 saturated carbocycles. The molecule has 0 saturated heterocycles. The van der Waals surface area contributed by atoms with Crippen LogP contribution in [0.2, 0.25) is 0 Å². The summed E-state index contributed by atoms with van der Waals surface area (Å²) in [5, 5.41) is 17.3. The number of aryl methyl sites for hydroxylation is 1. The van der Waals surface area contributed by atoms with Gasteiger partial charge < -0.3 is 5.11 Å². The Bertz CT molecular complexity index is 263. The van der Waals surface area contributed by atoms with E-state index in [-0.39, 0.29) is 0 Å². The second kappa shape index (κ2) is 4.53. The lowest BCUT2D eigenvalue weighted by molar-refractivity contribution is 0.220. The van der Waals surface area contributed by atoms with Crippen LogP contribution in [0.5, 0.6) is 0 Å². The van der Waals surface area contributed by atoms with E-state index in [4.69, 9.17) is 10.4 Å². The molecule has 0 amide bonds. The first-order valence-corrected chi connectivity index (χ1v) is 3.94. The van der Waals surface area contributed by atoms with E-state index < -0.39 is 6.10 Å². The topological polar surface area (TPSA) is 44.0 Å². The lowest BCUT2D eigenvalue weighted by Crippen LogP contribution is -2.03. The van der Waals surface area contributed by atoms with Crippen molar-refractivity contribution in [3.63, 3.8) is 0 Å². The van der Waals surface area contributed by atoms with Crippen LogP contribution in [0.4, 0.5) is 0 Å². The fourth-order valence-electron chi connectivity index (χ4n) is 1.01. The number of hydrogen-bond donors (Lipinski definition) is 1. The molecule has 0 fully saturated rings. The summed E-state index contributed by atoms with van der Waals surface area (Å²) in [5.74, 6) is 0. The summed E-state index contributed by atoms with van der Waals surface area (Å²) >= 11 is 0. The minimum atomic E-state index is -0.829. The first-order valence-electron chi connectivity index (χ1n) is 3.94. The highest BCUT2D eigenvalue weighted by Gasteiger charge is 2.00. The molecule has 0 aliphatic carbocycles. The highest BCUT2D eigenvalue weighted by molar-refractivity contribution is 5.14. The number of nitrogens with zero attached hydrogens (tertiary/aromatic N) is 1. The van der Waals surface area contributed by atoms with E-state index in [2.05, 4.69) is 0 Å². The van der Waals surface area contributed by atoms with Gasteiger partial charge >= 0.3 is 0 Å². The summed E-state index contributed by atoms with van der Waals surface area (Å²) in [6.45, 7) is 0. The molecular formula is C10H11NO. The summed E-state index contributed by atoms with van der Waals surface area (Å²) < 4.78 is 0. The summed E-state index contributed by atoms with van der Waals surface area (Å²) in [7, 11) is 0. The fourth-order valence-corrected chi connectivity index (χ4v) is 1.01. The van der Waals surface area contributed by atoms with Crippen LogP contribution < -0.4 is 0 Å². The van der Waals surface area contributed by atoms with Crippen LogP contribution in [0.15, 0.2) is 30.3 Å². The molecule has 0 bridgehead atoms. The van der Waals surface area contributed by atoms with Crippen LogP contribution in [0.25, 0.3) is 0 Å². The molecule has 1 aromatic rings. The molecular weight excluding hydrogens is 150 g/mol. The summed E-state index contributed by atoms with van der Waals surface area (Å²) in [4.78, 5) is 0. The fraction of sp³-hybridized carbons (Fsp3) is 0.300. The van der Waals surface area contributed by atoms with Gasteiger partial charge in [-0.15, -0.1) is 0 Å². The smallest absolute Gasteiger partial charge is 0.140 e. The largest absolute Gasteiger partial charge is 0.378 e. The molecule has 1 N–H and O–H groups in total. The average Bonchev–Trinajstić information content (AvgIpc) is 2.16. The van der Waals surface area contributed by atoms with E-state index in [0.29, 0.717) is 6.42 Å². The highest BCUT2D eigenvalue weighted by atomic mass is 16.3. The standard InChI is InChI=1S/C10H11NO/c11-8-10(12)7-6-9-4-2-1-3-5-9/h1-5,10,12H,6-7H2/t10-/m1/s1. The van der Waals surface area contributed by atoms with Crippen molar-refractivity contribution in [1.29, 1.82) is 5.26 Å². The van der Waals surface area contributed by atoms with E-state index >= 15 is 0 Å². The molecule has 1 atom stereocenters. The first-order chi connectivity index (χ1) is 5.83. The molecule has 12 heavy (non-hydrogen) atoms. The van der Waals surface area contributed by atoms with Gasteiger partial charge in [-0.25, -0.2) is 0 Å². The van der Waals surface area contributed by atoms with Crippen molar-refractivity contribution < 1.29 is 5.11 Å². The zero-order chi connectivity index (χ0) is 8.81. The molecule has 0 spiro atoms. The third kappa shape index (κ3) is 2.73. The molecule has 2 nitrogen and oxygen atoms in total. The number of rotatable bonds is 3. The van der Waals surface area contributed by atoms with Crippen molar-refractivity contribution in [3.05, 3.63) is 35.9 Å². The molecule has 0 unspecified atom stereocenters. The molecule has 0 aromatic heterocycles. The van der Waals surface area contributed by atoms with E-state index in [9.17, 15) is 0 Å². The van der Waals surface area contributed by atoms with Crippen LogP contribution in [0, 0.1) is 11.3 Å². The molecule has 0 aliphatic heterocycles. The van der Waals surface area contributed by atoms with Gasteiger partial charge in [0.2, 0.25) is 0 Å². The van der Waals surface area contributed by atoms with Crippen molar-refractivity contribution in [3.8, 4) is 6.07 Å². The van der Waals surface area contributed by atoms with Gasteiger partial charge in [0.15, 0.2) is 0 Å². The predicted molar refractivity (Wildman–Crippen MR) is 46.4 cm³/mol. The predicted octanol–water partition coefficient (Wildman–Crippen LogP) is 1.50. The van der Waals surface area contributed by atoms with Crippen LogP contribution in [-0.4, -0.2) is 11.2 Å². The monoisotopic (exact) mass is 161 g/mol.